The first-order valence-electron chi connectivity index (χ1n) is 13.9. The second kappa shape index (κ2) is 12.7. The number of anilines is 1. The van der Waals surface area contributed by atoms with Gasteiger partial charge in [0.1, 0.15) is 5.65 Å². The second-order valence-electron chi connectivity index (χ2n) is 10.9. The fourth-order valence-corrected chi connectivity index (χ4v) is 6.37. The van der Waals surface area contributed by atoms with Crippen molar-refractivity contribution in [1.82, 2.24) is 24.8 Å². The van der Waals surface area contributed by atoms with E-state index in [2.05, 4.69) is 39.4 Å². The molecule has 8 heteroatoms. The van der Waals surface area contributed by atoms with Crippen LogP contribution in [0.1, 0.15) is 88.7 Å². The Bertz CT molecular complexity index is 914. The molecule has 1 saturated heterocycles. The summed E-state index contributed by atoms with van der Waals surface area (Å²) in [6, 6.07) is 0.432. The van der Waals surface area contributed by atoms with Gasteiger partial charge in [-0.25, -0.2) is 4.98 Å². The lowest BCUT2D eigenvalue weighted by Gasteiger charge is -2.34. The van der Waals surface area contributed by atoms with E-state index in [0.717, 1.165) is 75.7 Å². The van der Waals surface area contributed by atoms with Crippen LogP contribution in [0.3, 0.4) is 0 Å². The normalized spacial score (nSPS) is 28.1. The average Bonchev–Trinajstić information content (AvgIpc) is 3.25. The molecule has 2 aromatic rings. The van der Waals surface area contributed by atoms with E-state index in [9.17, 15) is 5.11 Å². The second-order valence-corrected chi connectivity index (χ2v) is 10.9. The number of halogens is 1. The maximum Gasteiger partial charge on any atom is 0.224 e. The molecule has 3 N–H and O–H groups in total. The number of hydrogen-bond donors (Lipinski definition) is 3. The maximum atomic E-state index is 10.1. The molecule has 2 saturated carbocycles. The molecule has 3 heterocycles. The Hall–Kier alpha value is -1.41. The molecular formula is C27H45ClN6O. The van der Waals surface area contributed by atoms with Crippen molar-refractivity contribution in [2.24, 2.45) is 5.92 Å². The summed E-state index contributed by atoms with van der Waals surface area (Å²) >= 11 is 0. The van der Waals surface area contributed by atoms with E-state index >= 15 is 0 Å². The van der Waals surface area contributed by atoms with E-state index in [-0.39, 0.29) is 18.5 Å². The minimum Gasteiger partial charge on any atom is -0.393 e. The highest BCUT2D eigenvalue weighted by Crippen LogP contribution is 2.41. The molecule has 0 unspecified atom stereocenters. The number of aliphatic hydroxyl groups is 1. The van der Waals surface area contributed by atoms with Crippen LogP contribution in [0.5, 0.6) is 0 Å². The van der Waals surface area contributed by atoms with Crippen LogP contribution in [-0.4, -0.2) is 69.9 Å². The van der Waals surface area contributed by atoms with Crippen molar-refractivity contribution in [2.75, 3.05) is 44.6 Å². The molecule has 0 amide bonds. The van der Waals surface area contributed by atoms with Gasteiger partial charge >= 0.3 is 0 Å². The van der Waals surface area contributed by atoms with Crippen LogP contribution in [0.25, 0.3) is 11.0 Å². The molecule has 2 aromatic heterocycles. The van der Waals surface area contributed by atoms with Gasteiger partial charge in [-0.3, -0.25) is 0 Å². The third-order valence-electron chi connectivity index (χ3n) is 8.49. The molecule has 5 rings (SSSR count). The summed E-state index contributed by atoms with van der Waals surface area (Å²) in [5.41, 5.74) is 2.55. The SMILES string of the molecule is CCCCNc1ncc2c(n1)n([C@H]1CC[C@H](O)CC1)cc2[C@H]1CC[C@H](CN2CCNCC2)CC1.Cl. The van der Waals surface area contributed by atoms with E-state index in [1.54, 1.807) is 0 Å². The van der Waals surface area contributed by atoms with Crippen LogP contribution in [0.4, 0.5) is 5.95 Å². The monoisotopic (exact) mass is 504 g/mol. The highest BCUT2D eigenvalue weighted by Gasteiger charge is 2.29. The van der Waals surface area contributed by atoms with E-state index in [1.165, 1.54) is 56.3 Å². The third kappa shape index (κ3) is 6.48. The number of rotatable bonds is 8. The number of unbranched alkanes of at least 4 members (excludes halogenated alkanes) is 1. The Morgan fingerprint density at radius 2 is 1.80 bits per heavy atom. The van der Waals surface area contributed by atoms with Crippen molar-refractivity contribution < 1.29 is 5.11 Å². The third-order valence-corrected chi connectivity index (χ3v) is 8.49. The molecule has 7 nitrogen and oxygen atoms in total. The quantitative estimate of drug-likeness (QED) is 0.451. The van der Waals surface area contributed by atoms with E-state index in [1.807, 2.05) is 0 Å². The predicted molar refractivity (Wildman–Crippen MR) is 146 cm³/mol. The predicted octanol–water partition coefficient (Wildman–Crippen LogP) is 4.72. The molecule has 0 bridgehead atoms. The molecule has 0 radical (unpaired) electrons. The molecule has 0 spiro atoms. The summed E-state index contributed by atoms with van der Waals surface area (Å²) < 4.78 is 2.44. The van der Waals surface area contributed by atoms with Gasteiger partial charge in [-0.05, 0) is 75.2 Å². The number of piperazine rings is 1. The number of nitrogens with zero attached hydrogens (tertiary/aromatic N) is 4. The zero-order valence-electron chi connectivity index (χ0n) is 21.4. The molecular weight excluding hydrogens is 460 g/mol. The van der Waals surface area contributed by atoms with Gasteiger partial charge < -0.3 is 25.2 Å². The first-order valence-corrected chi connectivity index (χ1v) is 13.9. The summed E-state index contributed by atoms with van der Waals surface area (Å²) in [6.45, 7) is 9.09. The number of hydrogen-bond acceptors (Lipinski definition) is 6. The topological polar surface area (TPSA) is 78.2 Å². The smallest absolute Gasteiger partial charge is 0.224 e. The molecule has 196 valence electrons. The Labute approximate surface area is 216 Å². The zero-order valence-corrected chi connectivity index (χ0v) is 22.2. The molecule has 1 aliphatic heterocycles. The van der Waals surface area contributed by atoms with Crippen molar-refractivity contribution >= 4 is 29.4 Å². The molecule has 0 atom stereocenters. The molecule has 2 aliphatic carbocycles. The van der Waals surface area contributed by atoms with Crippen LogP contribution in [0.15, 0.2) is 12.4 Å². The minimum atomic E-state index is -0.135. The Kier molecular flexibility index (Phi) is 9.67. The fourth-order valence-electron chi connectivity index (χ4n) is 6.37. The largest absolute Gasteiger partial charge is 0.393 e. The average molecular weight is 505 g/mol. The summed E-state index contributed by atoms with van der Waals surface area (Å²) in [4.78, 5) is 12.4. The lowest BCUT2D eigenvalue weighted by atomic mass is 9.78. The molecule has 3 fully saturated rings. The Morgan fingerprint density at radius 3 is 2.51 bits per heavy atom. The van der Waals surface area contributed by atoms with Crippen LogP contribution in [0.2, 0.25) is 0 Å². The van der Waals surface area contributed by atoms with Gasteiger partial charge in [-0.1, -0.05) is 13.3 Å². The van der Waals surface area contributed by atoms with E-state index in [0.29, 0.717) is 12.0 Å². The number of aliphatic hydroxyl groups excluding tert-OH is 1. The van der Waals surface area contributed by atoms with Crippen molar-refractivity contribution in [3.05, 3.63) is 18.0 Å². The first kappa shape index (κ1) is 26.6. The van der Waals surface area contributed by atoms with Gasteiger partial charge in [0.05, 0.1) is 6.10 Å². The van der Waals surface area contributed by atoms with Gasteiger partial charge in [-0.2, -0.15) is 4.98 Å². The lowest BCUT2D eigenvalue weighted by molar-refractivity contribution is 0.111. The van der Waals surface area contributed by atoms with Gasteiger partial charge in [0.2, 0.25) is 5.95 Å². The lowest BCUT2D eigenvalue weighted by Crippen LogP contribution is -2.45. The highest BCUT2D eigenvalue weighted by atomic mass is 35.5. The summed E-state index contributed by atoms with van der Waals surface area (Å²) in [5, 5.41) is 18.2. The van der Waals surface area contributed by atoms with Crippen molar-refractivity contribution in [2.45, 2.75) is 89.2 Å². The van der Waals surface area contributed by atoms with Crippen molar-refractivity contribution in [3.8, 4) is 0 Å². The molecule has 3 aliphatic rings. The van der Waals surface area contributed by atoms with Crippen LogP contribution >= 0.6 is 12.4 Å². The summed E-state index contributed by atoms with van der Waals surface area (Å²) in [6.07, 6.45) is 15.7. The highest BCUT2D eigenvalue weighted by molar-refractivity contribution is 5.85. The van der Waals surface area contributed by atoms with E-state index in [4.69, 9.17) is 9.97 Å². The van der Waals surface area contributed by atoms with Crippen molar-refractivity contribution in [1.29, 1.82) is 0 Å². The standard InChI is InChI=1S/C27H44N6O.ClH/c1-2-3-12-29-27-30-17-24-25(19-33(26(24)31-27)22-8-10-23(34)11-9-22)21-6-4-20(5-7-21)18-32-15-13-28-14-16-32;/h17,19-23,28,34H,2-16,18H2,1H3,(H,29,30,31);1H/t20-,21-,22-,23-;. The fraction of sp³-hybridized carbons (Fsp3) is 0.778. The first-order chi connectivity index (χ1) is 16.7. The van der Waals surface area contributed by atoms with Crippen LogP contribution in [-0.2, 0) is 0 Å². The Balaban J connectivity index is 0.00000289. The van der Waals surface area contributed by atoms with Crippen LogP contribution < -0.4 is 10.6 Å². The van der Waals surface area contributed by atoms with Gasteiger partial charge in [0, 0.05) is 63.1 Å². The maximum absolute atomic E-state index is 10.1. The number of fused-ring (bicyclic) bond motifs is 1. The summed E-state index contributed by atoms with van der Waals surface area (Å²) in [5.74, 6) is 2.20. The Morgan fingerprint density at radius 1 is 1.06 bits per heavy atom. The van der Waals surface area contributed by atoms with Crippen LogP contribution in [0, 0.1) is 5.92 Å². The van der Waals surface area contributed by atoms with Gasteiger partial charge in [0.25, 0.3) is 0 Å². The zero-order chi connectivity index (χ0) is 23.3. The number of aromatic nitrogens is 3. The molecule has 35 heavy (non-hydrogen) atoms. The molecule has 0 aromatic carbocycles. The number of nitrogens with one attached hydrogen (secondary N) is 2. The summed E-state index contributed by atoms with van der Waals surface area (Å²) in [7, 11) is 0. The van der Waals surface area contributed by atoms with Gasteiger partial charge in [0.15, 0.2) is 0 Å². The van der Waals surface area contributed by atoms with E-state index < -0.39 is 0 Å². The van der Waals surface area contributed by atoms with Gasteiger partial charge in [-0.15, -0.1) is 12.4 Å². The van der Waals surface area contributed by atoms with Crippen molar-refractivity contribution in [3.63, 3.8) is 0 Å². The minimum absolute atomic E-state index is 0.